The van der Waals surface area contributed by atoms with Crippen LogP contribution in [0, 0.1) is 13.8 Å². The van der Waals surface area contributed by atoms with Crippen LogP contribution in [0.4, 0.5) is 5.69 Å². The smallest absolute Gasteiger partial charge is 0.232 e. The Labute approximate surface area is 103 Å². The van der Waals surface area contributed by atoms with E-state index in [4.69, 9.17) is 5.73 Å². The standard InChI is InChI=1S/C12H20N2O2S/c1-10-5-6-12(11(2)9-10)14(8-4-7-13)17(3,15)16/h5-6,9H,4,7-8,13H2,1-3H3. The van der Waals surface area contributed by atoms with Crippen molar-refractivity contribution < 1.29 is 8.42 Å². The van der Waals surface area contributed by atoms with Crippen LogP contribution in [0.1, 0.15) is 17.5 Å². The van der Waals surface area contributed by atoms with Gasteiger partial charge in [0.15, 0.2) is 0 Å². The van der Waals surface area contributed by atoms with Gasteiger partial charge in [0.1, 0.15) is 0 Å². The number of nitrogens with two attached hydrogens (primary N) is 1. The molecule has 96 valence electrons. The van der Waals surface area contributed by atoms with Crippen molar-refractivity contribution in [1.82, 2.24) is 0 Å². The summed E-state index contributed by atoms with van der Waals surface area (Å²) in [6.07, 6.45) is 1.88. The molecule has 17 heavy (non-hydrogen) atoms. The second kappa shape index (κ2) is 5.51. The summed E-state index contributed by atoms with van der Waals surface area (Å²) in [6, 6.07) is 5.75. The Balaban J connectivity index is 3.13. The zero-order valence-corrected chi connectivity index (χ0v) is 11.4. The van der Waals surface area contributed by atoms with Crippen LogP contribution in [0.15, 0.2) is 18.2 Å². The summed E-state index contributed by atoms with van der Waals surface area (Å²) in [5, 5.41) is 0. The summed E-state index contributed by atoms with van der Waals surface area (Å²) < 4.78 is 24.9. The summed E-state index contributed by atoms with van der Waals surface area (Å²) in [4.78, 5) is 0. The van der Waals surface area contributed by atoms with Crippen LogP contribution >= 0.6 is 0 Å². The minimum absolute atomic E-state index is 0.430. The number of anilines is 1. The normalized spacial score (nSPS) is 11.5. The summed E-state index contributed by atoms with van der Waals surface area (Å²) >= 11 is 0. The fourth-order valence-corrected chi connectivity index (χ4v) is 2.81. The van der Waals surface area contributed by atoms with Crippen LogP contribution in [-0.4, -0.2) is 27.8 Å². The van der Waals surface area contributed by atoms with Crippen molar-refractivity contribution in [2.75, 3.05) is 23.7 Å². The van der Waals surface area contributed by atoms with Crippen molar-refractivity contribution in [3.63, 3.8) is 0 Å². The first-order valence-corrected chi connectivity index (χ1v) is 7.46. The van der Waals surface area contributed by atoms with Gasteiger partial charge in [-0.05, 0) is 38.4 Å². The Hall–Kier alpha value is -1.07. The molecule has 0 aliphatic rings. The van der Waals surface area contributed by atoms with Crippen molar-refractivity contribution in [2.24, 2.45) is 5.73 Å². The first-order valence-electron chi connectivity index (χ1n) is 5.61. The van der Waals surface area contributed by atoms with Crippen molar-refractivity contribution in [3.8, 4) is 0 Å². The third-order valence-electron chi connectivity index (χ3n) is 2.59. The van der Waals surface area contributed by atoms with Gasteiger partial charge >= 0.3 is 0 Å². The van der Waals surface area contributed by atoms with Crippen LogP contribution in [-0.2, 0) is 10.0 Å². The van der Waals surface area contributed by atoms with Crippen molar-refractivity contribution in [2.45, 2.75) is 20.3 Å². The van der Waals surface area contributed by atoms with Gasteiger partial charge in [-0.2, -0.15) is 0 Å². The first-order chi connectivity index (χ1) is 7.86. The molecule has 1 rings (SSSR count). The van der Waals surface area contributed by atoms with Crippen LogP contribution in [0.5, 0.6) is 0 Å². The summed E-state index contributed by atoms with van der Waals surface area (Å²) in [7, 11) is -3.25. The van der Waals surface area contributed by atoms with E-state index in [1.54, 1.807) is 0 Å². The molecule has 0 aliphatic carbocycles. The molecule has 0 saturated heterocycles. The molecule has 2 N–H and O–H groups in total. The molecule has 0 heterocycles. The first kappa shape index (κ1) is 14.0. The molecule has 0 radical (unpaired) electrons. The average molecular weight is 256 g/mol. The maximum atomic E-state index is 11.8. The molecule has 0 fully saturated rings. The topological polar surface area (TPSA) is 63.4 Å². The van der Waals surface area contributed by atoms with E-state index in [9.17, 15) is 8.42 Å². The van der Waals surface area contributed by atoms with E-state index in [1.165, 1.54) is 10.6 Å². The average Bonchev–Trinajstić information content (AvgIpc) is 2.19. The Morgan fingerprint density at radius 1 is 1.29 bits per heavy atom. The number of hydrogen-bond donors (Lipinski definition) is 1. The Bertz CT molecular complexity index is 483. The molecule has 0 amide bonds. The van der Waals surface area contributed by atoms with Crippen LogP contribution < -0.4 is 10.0 Å². The number of nitrogens with zero attached hydrogens (tertiary/aromatic N) is 1. The number of rotatable bonds is 5. The highest BCUT2D eigenvalue weighted by atomic mass is 32.2. The molecule has 0 saturated carbocycles. The second-order valence-corrected chi connectivity index (χ2v) is 6.17. The Morgan fingerprint density at radius 2 is 1.94 bits per heavy atom. The molecule has 1 aromatic rings. The van der Waals surface area contributed by atoms with Gasteiger partial charge in [-0.25, -0.2) is 8.42 Å². The second-order valence-electron chi connectivity index (χ2n) is 4.27. The van der Waals surface area contributed by atoms with Crippen molar-refractivity contribution >= 4 is 15.7 Å². The molecule has 0 atom stereocenters. The van der Waals surface area contributed by atoms with Crippen LogP contribution in [0.3, 0.4) is 0 Å². The van der Waals surface area contributed by atoms with Gasteiger partial charge in [0, 0.05) is 6.54 Å². The lowest BCUT2D eigenvalue weighted by Crippen LogP contribution is -2.32. The van der Waals surface area contributed by atoms with E-state index in [-0.39, 0.29) is 0 Å². The molecule has 0 bridgehead atoms. The third-order valence-corrected chi connectivity index (χ3v) is 3.77. The lowest BCUT2D eigenvalue weighted by atomic mass is 10.1. The maximum absolute atomic E-state index is 11.8. The van der Waals surface area contributed by atoms with E-state index in [2.05, 4.69) is 0 Å². The van der Waals surface area contributed by atoms with E-state index >= 15 is 0 Å². The molecule has 5 heteroatoms. The van der Waals surface area contributed by atoms with Crippen molar-refractivity contribution in [1.29, 1.82) is 0 Å². The van der Waals surface area contributed by atoms with E-state index in [0.717, 1.165) is 16.8 Å². The van der Waals surface area contributed by atoms with Gasteiger partial charge in [-0.15, -0.1) is 0 Å². The van der Waals surface area contributed by atoms with Gasteiger partial charge in [-0.3, -0.25) is 4.31 Å². The molecule has 0 unspecified atom stereocenters. The highest BCUT2D eigenvalue weighted by Gasteiger charge is 2.18. The summed E-state index contributed by atoms with van der Waals surface area (Å²) in [5.41, 5.74) is 8.27. The van der Waals surface area contributed by atoms with E-state index < -0.39 is 10.0 Å². The lowest BCUT2D eigenvalue weighted by molar-refractivity contribution is 0.595. The quantitative estimate of drug-likeness (QED) is 0.866. The number of hydrogen-bond acceptors (Lipinski definition) is 3. The van der Waals surface area contributed by atoms with Gasteiger partial charge in [-0.1, -0.05) is 17.7 Å². The highest BCUT2D eigenvalue weighted by molar-refractivity contribution is 7.92. The number of sulfonamides is 1. The Kier molecular flexibility index (Phi) is 4.54. The highest BCUT2D eigenvalue weighted by Crippen LogP contribution is 2.23. The molecule has 0 aromatic heterocycles. The molecule has 0 spiro atoms. The SMILES string of the molecule is Cc1ccc(N(CCCN)S(C)(=O)=O)c(C)c1. The Morgan fingerprint density at radius 3 is 2.41 bits per heavy atom. The van der Waals surface area contributed by atoms with Gasteiger partial charge in [0.25, 0.3) is 0 Å². The molecular weight excluding hydrogens is 236 g/mol. The van der Waals surface area contributed by atoms with Gasteiger partial charge in [0.2, 0.25) is 10.0 Å². The van der Waals surface area contributed by atoms with E-state index in [0.29, 0.717) is 19.5 Å². The van der Waals surface area contributed by atoms with E-state index in [1.807, 2.05) is 32.0 Å². The summed E-state index contributed by atoms with van der Waals surface area (Å²) in [6.45, 7) is 4.82. The number of aryl methyl sites for hydroxylation is 2. The summed E-state index contributed by atoms with van der Waals surface area (Å²) in [5.74, 6) is 0. The minimum atomic E-state index is -3.25. The minimum Gasteiger partial charge on any atom is -0.330 e. The predicted octanol–water partition coefficient (Wildman–Crippen LogP) is 1.42. The monoisotopic (exact) mass is 256 g/mol. The lowest BCUT2D eigenvalue weighted by Gasteiger charge is -2.24. The van der Waals surface area contributed by atoms with Crippen molar-refractivity contribution in [3.05, 3.63) is 29.3 Å². The maximum Gasteiger partial charge on any atom is 0.232 e. The predicted molar refractivity (Wildman–Crippen MR) is 71.8 cm³/mol. The van der Waals surface area contributed by atoms with Gasteiger partial charge < -0.3 is 5.73 Å². The van der Waals surface area contributed by atoms with Gasteiger partial charge in [0.05, 0.1) is 11.9 Å². The third kappa shape index (κ3) is 3.71. The van der Waals surface area contributed by atoms with Crippen LogP contribution in [0.2, 0.25) is 0 Å². The number of benzene rings is 1. The molecule has 1 aromatic carbocycles. The zero-order chi connectivity index (χ0) is 13.1. The largest absolute Gasteiger partial charge is 0.330 e. The molecule has 4 nitrogen and oxygen atoms in total. The fraction of sp³-hybridized carbons (Fsp3) is 0.500. The molecular formula is C12H20N2O2S. The van der Waals surface area contributed by atoms with Crippen LogP contribution in [0.25, 0.3) is 0 Å². The fourth-order valence-electron chi connectivity index (χ4n) is 1.79. The molecule has 0 aliphatic heterocycles. The zero-order valence-electron chi connectivity index (χ0n) is 10.6.